The highest BCUT2D eigenvalue weighted by atomic mass is 35.6. The van der Waals surface area contributed by atoms with Crippen molar-refractivity contribution < 1.29 is 0 Å². The van der Waals surface area contributed by atoms with Gasteiger partial charge in [-0.15, -0.1) is 11.3 Å². The van der Waals surface area contributed by atoms with E-state index >= 15 is 0 Å². The zero-order valence-corrected chi connectivity index (χ0v) is 11.1. The molecule has 0 aliphatic heterocycles. The van der Waals surface area contributed by atoms with E-state index in [1.54, 1.807) is 0 Å². The molecule has 0 unspecified atom stereocenters. The maximum atomic E-state index is 5.59. The number of nitrogens with zero attached hydrogens (tertiary/aromatic N) is 1. The topological polar surface area (TPSA) is 12.9 Å². The van der Waals surface area contributed by atoms with Gasteiger partial charge < -0.3 is 0 Å². The van der Waals surface area contributed by atoms with Gasteiger partial charge in [-0.3, -0.25) is 0 Å². The third-order valence-corrected chi connectivity index (χ3v) is 4.08. The molecule has 8 heteroatoms. The van der Waals surface area contributed by atoms with E-state index in [1.165, 1.54) is 6.20 Å². The quantitative estimate of drug-likeness (QED) is 0.626. The Labute approximate surface area is 109 Å². The monoisotopic (exact) mass is 317 g/mol. The van der Waals surface area contributed by atoms with Crippen molar-refractivity contribution in [3.63, 3.8) is 0 Å². The molecule has 1 rings (SSSR count). The maximum Gasteiger partial charge on any atom is 0.242 e. The number of thiazole rings is 1. The van der Waals surface area contributed by atoms with Crippen LogP contribution in [-0.4, -0.2) is 4.98 Å². The van der Waals surface area contributed by atoms with Crippen LogP contribution in [0.2, 0.25) is 0 Å². The van der Waals surface area contributed by atoms with E-state index < -0.39 is 7.59 Å². The van der Waals surface area contributed by atoms with Crippen LogP contribution >= 0.6 is 80.9 Å². The molecule has 0 atom stereocenters. The van der Waals surface area contributed by atoms with Crippen molar-refractivity contribution in [3.05, 3.63) is 16.1 Å². The third-order valence-electron chi connectivity index (χ3n) is 1.03. The molecule has 0 aromatic carbocycles. The van der Waals surface area contributed by atoms with E-state index in [0.717, 1.165) is 11.3 Å². The highest BCUT2D eigenvalue weighted by Crippen LogP contribution is 2.46. The fraction of sp³-hybridized carbons (Fsp3) is 0.400. The summed E-state index contributed by atoms with van der Waals surface area (Å²) in [6.45, 7) is 0. The van der Waals surface area contributed by atoms with Gasteiger partial charge >= 0.3 is 0 Å². The van der Waals surface area contributed by atoms with Crippen LogP contribution in [0.25, 0.3) is 0 Å². The van der Waals surface area contributed by atoms with E-state index in [9.17, 15) is 0 Å². The van der Waals surface area contributed by atoms with Gasteiger partial charge in [-0.25, -0.2) is 4.98 Å². The Kier molecular flexibility index (Phi) is 3.91. The minimum absolute atomic E-state index is 0.277. The number of halogens is 6. The predicted octanol–water partition coefficient (Wildman–Crippen LogP) is 4.80. The molecule has 1 aromatic rings. The largest absolute Gasteiger partial charge is 0.245 e. The van der Waals surface area contributed by atoms with Crippen LogP contribution in [0.3, 0.4) is 0 Å². The summed E-state index contributed by atoms with van der Waals surface area (Å²) in [4.78, 5) is 4.24. The van der Waals surface area contributed by atoms with Crippen molar-refractivity contribution >= 4 is 80.9 Å². The Balaban J connectivity index is 3.01. The molecule has 1 nitrogen and oxygen atoms in total. The molecule has 0 radical (unpaired) electrons. The van der Waals surface area contributed by atoms with Gasteiger partial charge in [0.2, 0.25) is 7.59 Å². The van der Waals surface area contributed by atoms with E-state index in [-0.39, 0.29) is 5.01 Å². The summed E-state index contributed by atoms with van der Waals surface area (Å²) in [6, 6.07) is 0. The molecular weight excluding hydrogens is 319 g/mol. The third kappa shape index (κ3) is 3.45. The molecule has 0 spiro atoms. The lowest BCUT2D eigenvalue weighted by Crippen LogP contribution is -1.97. The Hall–Kier alpha value is 1.37. The van der Waals surface area contributed by atoms with E-state index in [0.29, 0.717) is 4.88 Å². The van der Waals surface area contributed by atoms with Gasteiger partial charge in [-0.05, 0) is 0 Å². The van der Waals surface area contributed by atoms with Crippen molar-refractivity contribution in [2.75, 3.05) is 0 Å². The van der Waals surface area contributed by atoms with Gasteiger partial charge in [0.15, 0.2) is 0 Å². The first-order valence-electron chi connectivity index (χ1n) is 2.81. The molecule has 1 aromatic heterocycles. The van der Waals surface area contributed by atoms with Gasteiger partial charge in [0.25, 0.3) is 0 Å². The zero-order valence-electron chi connectivity index (χ0n) is 5.70. The van der Waals surface area contributed by atoms with Gasteiger partial charge in [0.1, 0.15) is 5.01 Å². The summed E-state index contributed by atoms with van der Waals surface area (Å²) >= 11 is 34.5. The second kappa shape index (κ2) is 4.09. The summed E-state index contributed by atoms with van der Waals surface area (Å²) in [5, 5.41) is 0.277. The van der Waals surface area contributed by atoms with E-state index in [2.05, 4.69) is 4.98 Å². The van der Waals surface area contributed by atoms with Crippen LogP contribution in [0.5, 0.6) is 0 Å². The fourth-order valence-corrected chi connectivity index (χ4v) is 2.17. The average molecular weight is 320 g/mol. The standard InChI is InChI=1S/C5HCl6NS/c6-4(7,8)2-1-12-3(13-2)5(9,10)11/h1H. The smallest absolute Gasteiger partial charge is 0.242 e. The Morgan fingerprint density at radius 3 is 1.77 bits per heavy atom. The number of rotatable bonds is 0. The van der Waals surface area contributed by atoms with Crippen molar-refractivity contribution in [2.45, 2.75) is 7.59 Å². The maximum absolute atomic E-state index is 5.59. The molecule has 74 valence electrons. The van der Waals surface area contributed by atoms with Crippen molar-refractivity contribution in [1.82, 2.24) is 4.98 Å². The van der Waals surface area contributed by atoms with Gasteiger partial charge in [-0.1, -0.05) is 69.6 Å². The van der Waals surface area contributed by atoms with Crippen molar-refractivity contribution in [1.29, 1.82) is 0 Å². The molecule has 1 heterocycles. The van der Waals surface area contributed by atoms with Crippen LogP contribution in [0.1, 0.15) is 9.88 Å². The molecule has 0 fully saturated rings. The lowest BCUT2D eigenvalue weighted by Gasteiger charge is -2.07. The van der Waals surface area contributed by atoms with Crippen LogP contribution in [0.15, 0.2) is 6.20 Å². The first kappa shape index (κ1) is 12.4. The predicted molar refractivity (Wildman–Crippen MR) is 60.6 cm³/mol. The molecule has 0 saturated heterocycles. The summed E-state index contributed by atoms with van der Waals surface area (Å²) in [5.41, 5.74) is 0. The molecule has 13 heavy (non-hydrogen) atoms. The van der Waals surface area contributed by atoms with Crippen LogP contribution < -0.4 is 0 Å². The zero-order chi connectivity index (χ0) is 10.3. The van der Waals surface area contributed by atoms with Crippen molar-refractivity contribution in [2.24, 2.45) is 0 Å². The molecule has 0 saturated carbocycles. The summed E-state index contributed by atoms with van der Waals surface area (Å²) in [6.07, 6.45) is 1.37. The fourth-order valence-electron chi connectivity index (χ4n) is 0.536. The number of hydrogen-bond acceptors (Lipinski definition) is 2. The lowest BCUT2D eigenvalue weighted by molar-refractivity contribution is 1.15. The van der Waals surface area contributed by atoms with Gasteiger partial charge in [0.05, 0.1) is 4.88 Å². The molecule has 0 aliphatic carbocycles. The number of aromatic nitrogens is 1. The lowest BCUT2D eigenvalue weighted by atomic mass is 10.6. The summed E-state index contributed by atoms with van der Waals surface area (Å²) in [5.74, 6) is 0. The number of hydrogen-bond donors (Lipinski definition) is 0. The van der Waals surface area contributed by atoms with Crippen LogP contribution in [-0.2, 0) is 7.59 Å². The van der Waals surface area contributed by atoms with Crippen LogP contribution in [0, 0.1) is 0 Å². The summed E-state index contributed by atoms with van der Waals surface area (Å²) in [7, 11) is 0. The van der Waals surface area contributed by atoms with E-state index in [1.807, 2.05) is 0 Å². The average Bonchev–Trinajstić information content (AvgIpc) is 2.28. The molecule has 0 bridgehead atoms. The summed E-state index contributed by atoms with van der Waals surface area (Å²) < 4.78 is -3.09. The highest BCUT2D eigenvalue weighted by Gasteiger charge is 2.32. The molecule has 0 N–H and O–H groups in total. The van der Waals surface area contributed by atoms with Gasteiger partial charge in [0, 0.05) is 6.20 Å². The normalized spacial score (nSPS) is 13.4. The molecule has 0 amide bonds. The first-order valence-corrected chi connectivity index (χ1v) is 5.90. The van der Waals surface area contributed by atoms with Gasteiger partial charge in [-0.2, -0.15) is 0 Å². The van der Waals surface area contributed by atoms with E-state index in [4.69, 9.17) is 69.6 Å². The van der Waals surface area contributed by atoms with Crippen LogP contribution in [0.4, 0.5) is 0 Å². The first-order chi connectivity index (χ1) is 5.71. The molecule has 0 aliphatic rings. The second-order valence-corrected chi connectivity index (χ2v) is 7.62. The second-order valence-electron chi connectivity index (χ2n) is 2.03. The SMILES string of the molecule is ClC(Cl)(Cl)c1cnc(C(Cl)(Cl)Cl)s1. The number of alkyl halides is 6. The minimum atomic E-state index is -1.57. The highest BCUT2D eigenvalue weighted by molar-refractivity contribution is 7.14. The molecular formula is C5HCl6NS. The van der Waals surface area contributed by atoms with Crippen molar-refractivity contribution in [3.8, 4) is 0 Å². The Morgan fingerprint density at radius 1 is 1.00 bits per heavy atom. The Bertz CT molecular complexity index is 268. The minimum Gasteiger partial charge on any atom is -0.245 e. The Morgan fingerprint density at radius 2 is 1.54 bits per heavy atom.